The molecule has 7 heteroatoms. The molecule has 0 saturated carbocycles. The van der Waals surface area contributed by atoms with E-state index < -0.39 is 10.0 Å². The first-order chi connectivity index (χ1) is 14.3. The third kappa shape index (κ3) is 5.24. The SMILES string of the molecule is Cc1ccc(S(=O)(=O)N(CC(=O)NCc2ccncc2)c2cc(C)cc(C)c2)cc1. The molecule has 0 radical (unpaired) electrons. The van der Waals surface area contributed by atoms with Crippen LogP contribution in [0.25, 0.3) is 0 Å². The highest BCUT2D eigenvalue weighted by molar-refractivity contribution is 7.92. The molecule has 0 unspecified atom stereocenters. The summed E-state index contributed by atoms with van der Waals surface area (Å²) in [6.07, 6.45) is 3.29. The van der Waals surface area contributed by atoms with Gasteiger partial charge in [-0.25, -0.2) is 8.42 Å². The maximum absolute atomic E-state index is 13.4. The Morgan fingerprint density at radius 2 is 1.50 bits per heavy atom. The quantitative estimate of drug-likeness (QED) is 0.631. The van der Waals surface area contributed by atoms with Crippen molar-refractivity contribution in [1.29, 1.82) is 0 Å². The van der Waals surface area contributed by atoms with Crippen molar-refractivity contribution in [2.75, 3.05) is 10.8 Å². The second kappa shape index (κ2) is 9.09. The molecule has 0 aliphatic rings. The lowest BCUT2D eigenvalue weighted by molar-refractivity contribution is -0.119. The van der Waals surface area contributed by atoms with Gasteiger partial charge in [0, 0.05) is 18.9 Å². The first kappa shape index (κ1) is 21.5. The summed E-state index contributed by atoms with van der Waals surface area (Å²) in [4.78, 5) is 16.8. The van der Waals surface area contributed by atoms with Crippen LogP contribution in [0.1, 0.15) is 22.3 Å². The molecule has 0 aliphatic carbocycles. The fraction of sp³-hybridized carbons (Fsp3) is 0.217. The second-order valence-corrected chi connectivity index (χ2v) is 9.17. The van der Waals surface area contributed by atoms with Crippen molar-refractivity contribution in [2.45, 2.75) is 32.2 Å². The molecule has 156 valence electrons. The Bertz CT molecular complexity index is 1110. The van der Waals surface area contributed by atoms with E-state index in [2.05, 4.69) is 10.3 Å². The van der Waals surface area contributed by atoms with Gasteiger partial charge in [-0.1, -0.05) is 23.8 Å². The molecule has 1 amide bonds. The zero-order chi connectivity index (χ0) is 21.7. The number of rotatable bonds is 7. The Labute approximate surface area is 177 Å². The van der Waals surface area contributed by atoms with Crippen molar-refractivity contribution in [3.05, 3.63) is 89.2 Å². The molecular formula is C23H25N3O3S. The third-order valence-electron chi connectivity index (χ3n) is 4.63. The van der Waals surface area contributed by atoms with Crippen LogP contribution in [-0.2, 0) is 21.4 Å². The number of aryl methyl sites for hydroxylation is 3. The van der Waals surface area contributed by atoms with E-state index in [0.717, 1.165) is 22.3 Å². The summed E-state index contributed by atoms with van der Waals surface area (Å²) < 4.78 is 28.0. The number of sulfonamides is 1. The molecule has 0 aliphatic heterocycles. The third-order valence-corrected chi connectivity index (χ3v) is 6.42. The van der Waals surface area contributed by atoms with E-state index in [1.807, 2.05) is 26.8 Å². The number of aromatic nitrogens is 1. The van der Waals surface area contributed by atoms with Crippen molar-refractivity contribution in [2.24, 2.45) is 0 Å². The molecule has 30 heavy (non-hydrogen) atoms. The Balaban J connectivity index is 1.91. The number of benzene rings is 2. The number of anilines is 1. The summed E-state index contributed by atoms with van der Waals surface area (Å²) in [6.45, 7) is 5.68. The maximum atomic E-state index is 13.4. The van der Waals surface area contributed by atoms with Crippen molar-refractivity contribution in [1.82, 2.24) is 10.3 Å². The molecule has 0 saturated heterocycles. The summed E-state index contributed by atoms with van der Waals surface area (Å²) in [5.74, 6) is -0.387. The number of carbonyl (C=O) groups is 1. The Morgan fingerprint density at radius 3 is 2.10 bits per heavy atom. The van der Waals surface area contributed by atoms with Crippen LogP contribution in [0.5, 0.6) is 0 Å². The molecule has 1 N–H and O–H groups in total. The number of pyridine rings is 1. The number of amides is 1. The van der Waals surface area contributed by atoms with Crippen LogP contribution >= 0.6 is 0 Å². The lowest BCUT2D eigenvalue weighted by Gasteiger charge is -2.25. The molecule has 2 aromatic carbocycles. The molecule has 0 atom stereocenters. The molecule has 3 rings (SSSR count). The fourth-order valence-electron chi connectivity index (χ4n) is 3.13. The number of hydrogen-bond acceptors (Lipinski definition) is 4. The van der Waals surface area contributed by atoms with Crippen molar-refractivity contribution in [3.8, 4) is 0 Å². The van der Waals surface area contributed by atoms with E-state index in [9.17, 15) is 13.2 Å². The number of nitrogens with zero attached hydrogens (tertiary/aromatic N) is 2. The summed E-state index contributed by atoms with van der Waals surface area (Å²) in [7, 11) is -3.92. The van der Waals surface area contributed by atoms with Crippen LogP contribution in [0.3, 0.4) is 0 Å². The van der Waals surface area contributed by atoms with Gasteiger partial charge < -0.3 is 5.32 Å². The second-order valence-electron chi connectivity index (χ2n) is 7.30. The minimum atomic E-state index is -3.92. The minimum Gasteiger partial charge on any atom is -0.350 e. The van der Waals surface area contributed by atoms with E-state index in [1.54, 1.807) is 60.9 Å². The lowest BCUT2D eigenvalue weighted by Crippen LogP contribution is -2.40. The van der Waals surface area contributed by atoms with Gasteiger partial charge in [-0.05, 0) is 73.9 Å². The van der Waals surface area contributed by atoms with Crippen molar-refractivity contribution >= 4 is 21.6 Å². The van der Waals surface area contributed by atoms with E-state index >= 15 is 0 Å². The molecule has 0 spiro atoms. The van der Waals surface area contributed by atoms with Gasteiger partial charge in [0.1, 0.15) is 6.54 Å². The van der Waals surface area contributed by atoms with Crippen LogP contribution in [0.2, 0.25) is 0 Å². The topological polar surface area (TPSA) is 79.4 Å². The Kier molecular flexibility index (Phi) is 6.52. The standard InChI is InChI=1S/C23H25N3O3S/c1-17-4-6-22(7-5-17)30(28,29)26(21-13-18(2)12-19(3)14-21)16-23(27)25-15-20-8-10-24-11-9-20/h4-14H,15-16H2,1-3H3,(H,25,27). The Morgan fingerprint density at radius 1 is 0.900 bits per heavy atom. The normalized spacial score (nSPS) is 11.2. The van der Waals surface area contributed by atoms with Gasteiger partial charge in [0.15, 0.2) is 0 Å². The first-order valence-corrected chi connectivity index (χ1v) is 11.0. The predicted molar refractivity (Wildman–Crippen MR) is 118 cm³/mol. The number of nitrogens with one attached hydrogen (secondary N) is 1. The maximum Gasteiger partial charge on any atom is 0.264 e. The molecular weight excluding hydrogens is 398 g/mol. The van der Waals surface area contributed by atoms with Gasteiger partial charge >= 0.3 is 0 Å². The summed E-state index contributed by atoms with van der Waals surface area (Å²) in [5, 5.41) is 2.79. The summed E-state index contributed by atoms with van der Waals surface area (Å²) in [5.41, 5.74) is 4.16. The average Bonchev–Trinajstić information content (AvgIpc) is 2.70. The van der Waals surface area contributed by atoms with E-state index in [0.29, 0.717) is 12.2 Å². The van der Waals surface area contributed by atoms with Gasteiger partial charge in [-0.2, -0.15) is 0 Å². The van der Waals surface area contributed by atoms with E-state index in [1.165, 1.54) is 4.31 Å². The lowest BCUT2D eigenvalue weighted by atomic mass is 10.1. The fourth-order valence-corrected chi connectivity index (χ4v) is 4.54. The molecule has 3 aromatic rings. The van der Waals surface area contributed by atoms with Gasteiger partial charge in [-0.3, -0.25) is 14.1 Å². The van der Waals surface area contributed by atoms with Crippen LogP contribution < -0.4 is 9.62 Å². The number of carbonyl (C=O) groups excluding carboxylic acids is 1. The zero-order valence-corrected chi connectivity index (χ0v) is 18.1. The van der Waals surface area contributed by atoms with Gasteiger partial charge in [0.05, 0.1) is 10.6 Å². The Hall–Kier alpha value is -3.19. The summed E-state index contributed by atoms with van der Waals surface area (Å²) in [6, 6.07) is 15.7. The molecule has 1 heterocycles. The summed E-state index contributed by atoms with van der Waals surface area (Å²) >= 11 is 0. The highest BCUT2D eigenvalue weighted by atomic mass is 32.2. The molecule has 6 nitrogen and oxygen atoms in total. The van der Waals surface area contributed by atoms with Gasteiger partial charge in [0.2, 0.25) is 5.91 Å². The van der Waals surface area contributed by atoms with Crippen LogP contribution in [-0.4, -0.2) is 25.9 Å². The highest BCUT2D eigenvalue weighted by Gasteiger charge is 2.27. The minimum absolute atomic E-state index is 0.147. The van der Waals surface area contributed by atoms with E-state index in [-0.39, 0.29) is 17.3 Å². The molecule has 0 bridgehead atoms. The predicted octanol–water partition coefficient (Wildman–Crippen LogP) is 3.52. The zero-order valence-electron chi connectivity index (χ0n) is 17.3. The largest absolute Gasteiger partial charge is 0.350 e. The van der Waals surface area contributed by atoms with E-state index in [4.69, 9.17) is 0 Å². The van der Waals surface area contributed by atoms with Crippen molar-refractivity contribution < 1.29 is 13.2 Å². The number of hydrogen-bond donors (Lipinski definition) is 1. The van der Waals surface area contributed by atoms with Crippen LogP contribution in [0, 0.1) is 20.8 Å². The smallest absolute Gasteiger partial charge is 0.264 e. The van der Waals surface area contributed by atoms with Crippen LogP contribution in [0.4, 0.5) is 5.69 Å². The average molecular weight is 424 g/mol. The highest BCUT2D eigenvalue weighted by Crippen LogP contribution is 2.26. The van der Waals surface area contributed by atoms with Crippen molar-refractivity contribution in [3.63, 3.8) is 0 Å². The molecule has 0 fully saturated rings. The van der Waals surface area contributed by atoms with Gasteiger partial charge in [0.25, 0.3) is 10.0 Å². The first-order valence-electron chi connectivity index (χ1n) is 9.59. The molecule has 1 aromatic heterocycles. The monoisotopic (exact) mass is 423 g/mol. The van der Waals surface area contributed by atoms with Crippen LogP contribution in [0.15, 0.2) is 71.9 Å². The van der Waals surface area contributed by atoms with Gasteiger partial charge in [-0.15, -0.1) is 0 Å².